The fourth-order valence-corrected chi connectivity index (χ4v) is 3.89. The quantitative estimate of drug-likeness (QED) is 0.695. The largest absolute Gasteiger partial charge is 0.306 e. The van der Waals surface area contributed by atoms with Crippen molar-refractivity contribution in [3.05, 3.63) is 58.9 Å². The summed E-state index contributed by atoms with van der Waals surface area (Å²) in [4.78, 5) is 9.15. The van der Waals surface area contributed by atoms with Crippen molar-refractivity contribution in [3.8, 4) is 12.0 Å². The lowest BCUT2D eigenvalue weighted by Gasteiger charge is -2.35. The first-order chi connectivity index (χ1) is 11.6. The highest BCUT2D eigenvalue weighted by Crippen LogP contribution is 2.44. The van der Waals surface area contributed by atoms with Crippen LogP contribution < -0.4 is 4.90 Å². The molecule has 0 N–H and O–H groups in total. The van der Waals surface area contributed by atoms with E-state index in [0.29, 0.717) is 12.0 Å². The lowest BCUT2D eigenvalue weighted by Crippen LogP contribution is -2.43. The molecule has 3 nitrogen and oxygen atoms in total. The number of aromatic nitrogens is 1. The van der Waals surface area contributed by atoms with E-state index in [1.807, 2.05) is 19.2 Å². The van der Waals surface area contributed by atoms with Crippen molar-refractivity contribution in [3.63, 3.8) is 0 Å². The molecule has 2 aliphatic heterocycles. The van der Waals surface area contributed by atoms with Crippen LogP contribution in [0.1, 0.15) is 34.7 Å². The zero-order valence-electron chi connectivity index (χ0n) is 14.6. The molecular formula is C21H23N3. The molecule has 0 amide bonds. The van der Waals surface area contributed by atoms with E-state index in [1.165, 1.54) is 16.8 Å². The SMILES string of the molecule is Cc1ccc(C#CN2c3ccc(C)cc3C3CN(C)CCC32)nc1. The lowest BCUT2D eigenvalue weighted by molar-refractivity contribution is 0.236. The Bertz CT molecular complexity index is 813. The van der Waals surface area contributed by atoms with Gasteiger partial charge in [0.1, 0.15) is 5.69 Å². The minimum atomic E-state index is 0.482. The van der Waals surface area contributed by atoms with Crippen LogP contribution in [0.4, 0.5) is 5.69 Å². The van der Waals surface area contributed by atoms with Crippen LogP contribution in [0.25, 0.3) is 0 Å². The number of benzene rings is 1. The summed E-state index contributed by atoms with van der Waals surface area (Å²) in [6, 6.07) is 14.7. The number of nitrogens with zero attached hydrogens (tertiary/aromatic N) is 3. The molecule has 0 aliphatic carbocycles. The molecule has 3 heterocycles. The average Bonchev–Trinajstić information content (AvgIpc) is 2.87. The third kappa shape index (κ3) is 2.68. The van der Waals surface area contributed by atoms with E-state index in [9.17, 15) is 0 Å². The summed E-state index contributed by atoms with van der Waals surface area (Å²) in [5.74, 6) is 3.82. The summed E-state index contributed by atoms with van der Waals surface area (Å²) < 4.78 is 0. The van der Waals surface area contributed by atoms with Crippen LogP contribution in [-0.4, -0.2) is 36.1 Å². The van der Waals surface area contributed by atoms with Crippen LogP contribution in [0, 0.1) is 25.8 Å². The van der Waals surface area contributed by atoms with Crippen molar-refractivity contribution in [2.24, 2.45) is 0 Å². The van der Waals surface area contributed by atoms with Crippen molar-refractivity contribution < 1.29 is 0 Å². The third-order valence-corrected chi connectivity index (χ3v) is 5.17. The predicted molar refractivity (Wildman–Crippen MR) is 98.2 cm³/mol. The second-order valence-electron chi connectivity index (χ2n) is 7.11. The van der Waals surface area contributed by atoms with Crippen LogP contribution in [-0.2, 0) is 0 Å². The van der Waals surface area contributed by atoms with E-state index in [2.05, 4.69) is 65.0 Å². The van der Waals surface area contributed by atoms with E-state index in [0.717, 1.165) is 30.8 Å². The minimum absolute atomic E-state index is 0.482. The molecule has 3 heteroatoms. The molecular weight excluding hydrogens is 294 g/mol. The van der Waals surface area contributed by atoms with Gasteiger partial charge in [-0.1, -0.05) is 23.8 Å². The normalized spacial score (nSPS) is 22.5. The highest BCUT2D eigenvalue weighted by atomic mass is 15.2. The van der Waals surface area contributed by atoms with Crippen molar-refractivity contribution in [2.45, 2.75) is 32.2 Å². The van der Waals surface area contributed by atoms with Gasteiger partial charge in [-0.25, -0.2) is 4.98 Å². The van der Waals surface area contributed by atoms with E-state index >= 15 is 0 Å². The van der Waals surface area contributed by atoms with E-state index in [1.54, 1.807) is 0 Å². The van der Waals surface area contributed by atoms with E-state index in [-0.39, 0.29) is 0 Å². The van der Waals surface area contributed by atoms with Crippen molar-refractivity contribution >= 4 is 5.69 Å². The summed E-state index contributed by atoms with van der Waals surface area (Å²) in [7, 11) is 2.22. The monoisotopic (exact) mass is 317 g/mol. The molecule has 1 fully saturated rings. The first-order valence-electron chi connectivity index (χ1n) is 8.64. The summed E-state index contributed by atoms with van der Waals surface area (Å²) in [5, 5.41) is 0. The fourth-order valence-electron chi connectivity index (χ4n) is 3.89. The Kier molecular flexibility index (Phi) is 3.78. The van der Waals surface area contributed by atoms with Gasteiger partial charge in [-0.3, -0.25) is 4.90 Å². The number of rotatable bonds is 0. The Morgan fingerprint density at radius 1 is 1.12 bits per heavy atom. The number of hydrogen-bond donors (Lipinski definition) is 0. The number of aryl methyl sites for hydroxylation is 2. The maximum atomic E-state index is 4.42. The number of likely N-dealkylation sites (tertiary alicyclic amines) is 1. The smallest absolute Gasteiger partial charge is 0.115 e. The van der Waals surface area contributed by atoms with Crippen LogP contribution in [0.2, 0.25) is 0 Å². The van der Waals surface area contributed by atoms with Gasteiger partial charge in [0, 0.05) is 24.7 Å². The molecule has 0 bridgehead atoms. The average molecular weight is 317 g/mol. The van der Waals surface area contributed by atoms with Gasteiger partial charge in [-0.2, -0.15) is 0 Å². The predicted octanol–water partition coefficient (Wildman–Crippen LogP) is 3.32. The zero-order valence-corrected chi connectivity index (χ0v) is 14.6. The first-order valence-corrected chi connectivity index (χ1v) is 8.64. The van der Waals surface area contributed by atoms with E-state index < -0.39 is 0 Å². The molecule has 2 unspecified atom stereocenters. The standard InChI is InChI=1S/C21H23N3/c1-15-5-7-20-18(12-15)19-14-23(3)10-9-21(19)24(20)11-8-17-6-4-16(2)13-22-17/h4-7,12-13,19,21H,9-10,14H2,1-3H3. The first kappa shape index (κ1) is 15.2. The minimum Gasteiger partial charge on any atom is -0.306 e. The van der Waals surface area contributed by atoms with Gasteiger partial charge < -0.3 is 4.90 Å². The Labute approximate surface area is 144 Å². The van der Waals surface area contributed by atoms with Crippen molar-refractivity contribution in [1.29, 1.82) is 0 Å². The van der Waals surface area contributed by atoms with Gasteiger partial charge in [0.25, 0.3) is 0 Å². The molecule has 1 aromatic heterocycles. The molecule has 1 saturated heterocycles. The Morgan fingerprint density at radius 2 is 1.96 bits per heavy atom. The molecule has 2 aromatic rings. The Balaban J connectivity index is 1.71. The van der Waals surface area contributed by atoms with Gasteiger partial charge in [0.15, 0.2) is 0 Å². The summed E-state index contributed by atoms with van der Waals surface area (Å²) in [6.07, 6.45) is 3.04. The summed E-state index contributed by atoms with van der Waals surface area (Å²) in [5.41, 5.74) is 6.07. The number of piperidine rings is 1. The molecule has 0 spiro atoms. The highest BCUT2D eigenvalue weighted by Gasteiger charge is 2.40. The third-order valence-electron chi connectivity index (χ3n) is 5.17. The molecule has 122 valence electrons. The Hall–Kier alpha value is -2.31. The molecule has 0 radical (unpaired) electrons. The second kappa shape index (κ2) is 5.96. The molecule has 24 heavy (non-hydrogen) atoms. The number of pyridine rings is 1. The van der Waals surface area contributed by atoms with Gasteiger partial charge in [-0.05, 0) is 63.0 Å². The summed E-state index contributed by atoms with van der Waals surface area (Å²) >= 11 is 0. The topological polar surface area (TPSA) is 19.4 Å². The fraction of sp³-hybridized carbons (Fsp3) is 0.381. The molecule has 0 saturated carbocycles. The second-order valence-corrected chi connectivity index (χ2v) is 7.11. The van der Waals surface area contributed by atoms with Crippen LogP contribution in [0.5, 0.6) is 0 Å². The van der Waals surface area contributed by atoms with Gasteiger partial charge >= 0.3 is 0 Å². The van der Waals surface area contributed by atoms with E-state index in [4.69, 9.17) is 0 Å². The van der Waals surface area contributed by atoms with Gasteiger partial charge in [0.2, 0.25) is 0 Å². The number of hydrogen-bond acceptors (Lipinski definition) is 3. The number of fused-ring (bicyclic) bond motifs is 3. The number of likely N-dealkylation sites (N-methyl/N-ethyl adjacent to an activating group) is 1. The molecule has 1 aromatic carbocycles. The molecule has 2 aliphatic rings. The summed E-state index contributed by atoms with van der Waals surface area (Å²) in [6.45, 7) is 6.47. The number of anilines is 1. The van der Waals surface area contributed by atoms with Gasteiger partial charge in [0.05, 0.1) is 11.7 Å². The zero-order chi connectivity index (χ0) is 16.7. The lowest BCUT2D eigenvalue weighted by atomic mass is 9.89. The van der Waals surface area contributed by atoms with Crippen LogP contribution in [0.3, 0.4) is 0 Å². The van der Waals surface area contributed by atoms with Gasteiger partial charge in [-0.15, -0.1) is 0 Å². The maximum absolute atomic E-state index is 4.42. The van der Waals surface area contributed by atoms with Crippen molar-refractivity contribution in [1.82, 2.24) is 9.88 Å². The van der Waals surface area contributed by atoms with Crippen LogP contribution in [0.15, 0.2) is 36.5 Å². The molecule has 4 rings (SSSR count). The van der Waals surface area contributed by atoms with Crippen molar-refractivity contribution in [2.75, 3.05) is 25.0 Å². The van der Waals surface area contributed by atoms with Crippen LogP contribution >= 0.6 is 0 Å². The highest BCUT2D eigenvalue weighted by molar-refractivity contribution is 5.67. The maximum Gasteiger partial charge on any atom is 0.115 e. The molecule has 2 atom stereocenters. The Morgan fingerprint density at radius 3 is 2.75 bits per heavy atom.